The molecule has 0 unspecified atom stereocenters. The molecule has 1 aromatic carbocycles. The van der Waals surface area contributed by atoms with Gasteiger partial charge in [-0.1, -0.05) is 18.2 Å². The summed E-state index contributed by atoms with van der Waals surface area (Å²) in [6.07, 6.45) is 1.82. The highest BCUT2D eigenvalue weighted by molar-refractivity contribution is 5.43. The molecule has 1 aromatic heterocycles. The first-order chi connectivity index (χ1) is 10.2. The van der Waals surface area contributed by atoms with Crippen molar-refractivity contribution in [3.8, 4) is 5.75 Å². The molecule has 0 saturated carbocycles. The third-order valence-corrected chi connectivity index (χ3v) is 3.26. The topological polar surface area (TPSA) is 37.4 Å². The molecular weight excluding hydrogens is 262 g/mol. The van der Waals surface area contributed by atoms with E-state index in [2.05, 4.69) is 47.4 Å². The van der Waals surface area contributed by atoms with E-state index < -0.39 is 0 Å². The number of hydrogen-bond acceptors (Lipinski definition) is 4. The largest absolute Gasteiger partial charge is 0.497 e. The van der Waals surface area contributed by atoms with E-state index in [4.69, 9.17) is 4.74 Å². The molecule has 0 radical (unpaired) electrons. The molecule has 0 aliphatic rings. The number of nitrogens with one attached hydrogen (secondary N) is 1. The Morgan fingerprint density at radius 3 is 2.81 bits per heavy atom. The van der Waals surface area contributed by atoms with E-state index in [1.807, 2.05) is 24.4 Å². The van der Waals surface area contributed by atoms with Crippen LogP contribution in [0.25, 0.3) is 0 Å². The molecule has 4 nitrogen and oxygen atoms in total. The van der Waals surface area contributed by atoms with Crippen molar-refractivity contribution in [3.05, 3.63) is 53.7 Å². The SMILES string of the molecule is CCNc1ncccc1CN(C)Cc1cccc(OC)c1. The molecule has 0 fully saturated rings. The number of ether oxygens (including phenoxy) is 1. The minimum Gasteiger partial charge on any atom is -0.497 e. The van der Waals surface area contributed by atoms with Crippen molar-refractivity contribution in [3.63, 3.8) is 0 Å². The van der Waals surface area contributed by atoms with Gasteiger partial charge in [-0.05, 0) is 37.7 Å². The molecule has 2 aromatic rings. The molecule has 4 heteroatoms. The predicted octanol–water partition coefficient (Wildman–Crippen LogP) is 3.15. The van der Waals surface area contributed by atoms with E-state index in [0.717, 1.165) is 31.2 Å². The van der Waals surface area contributed by atoms with Crippen molar-refractivity contribution in [1.29, 1.82) is 0 Å². The Kier molecular flexibility index (Phi) is 5.58. The Morgan fingerprint density at radius 2 is 2.05 bits per heavy atom. The van der Waals surface area contributed by atoms with Crippen LogP contribution in [0.2, 0.25) is 0 Å². The van der Waals surface area contributed by atoms with E-state index in [0.29, 0.717) is 0 Å². The molecular formula is C17H23N3O. The van der Waals surface area contributed by atoms with Crippen molar-refractivity contribution >= 4 is 5.82 Å². The van der Waals surface area contributed by atoms with E-state index >= 15 is 0 Å². The summed E-state index contributed by atoms with van der Waals surface area (Å²) in [7, 11) is 3.81. The van der Waals surface area contributed by atoms with Gasteiger partial charge in [0.25, 0.3) is 0 Å². The maximum Gasteiger partial charge on any atom is 0.130 e. The van der Waals surface area contributed by atoms with E-state index in [-0.39, 0.29) is 0 Å². The highest BCUT2D eigenvalue weighted by Gasteiger charge is 2.07. The predicted molar refractivity (Wildman–Crippen MR) is 86.6 cm³/mol. The van der Waals surface area contributed by atoms with Crippen LogP contribution in [-0.4, -0.2) is 30.6 Å². The van der Waals surface area contributed by atoms with Gasteiger partial charge < -0.3 is 10.1 Å². The van der Waals surface area contributed by atoms with Crippen LogP contribution in [0.15, 0.2) is 42.6 Å². The quantitative estimate of drug-likeness (QED) is 0.848. The first-order valence-electron chi connectivity index (χ1n) is 7.22. The van der Waals surface area contributed by atoms with Gasteiger partial charge in [0, 0.05) is 31.4 Å². The molecule has 1 N–H and O–H groups in total. The van der Waals surface area contributed by atoms with Gasteiger partial charge in [-0.3, -0.25) is 4.90 Å². The maximum atomic E-state index is 5.27. The van der Waals surface area contributed by atoms with E-state index in [9.17, 15) is 0 Å². The summed E-state index contributed by atoms with van der Waals surface area (Å²) in [5.74, 6) is 1.87. The number of nitrogens with zero attached hydrogens (tertiary/aromatic N) is 2. The molecule has 0 atom stereocenters. The summed E-state index contributed by atoms with van der Waals surface area (Å²) in [4.78, 5) is 6.67. The highest BCUT2D eigenvalue weighted by Crippen LogP contribution is 2.17. The molecule has 1 heterocycles. The fourth-order valence-electron chi connectivity index (χ4n) is 2.32. The number of methoxy groups -OCH3 is 1. The van der Waals surface area contributed by atoms with Gasteiger partial charge >= 0.3 is 0 Å². The van der Waals surface area contributed by atoms with Gasteiger partial charge in [-0.25, -0.2) is 4.98 Å². The van der Waals surface area contributed by atoms with Crippen molar-refractivity contribution in [2.45, 2.75) is 20.0 Å². The summed E-state index contributed by atoms with van der Waals surface area (Å²) >= 11 is 0. The molecule has 0 saturated heterocycles. The van der Waals surface area contributed by atoms with E-state index in [1.54, 1.807) is 7.11 Å². The van der Waals surface area contributed by atoms with Crippen molar-refractivity contribution in [1.82, 2.24) is 9.88 Å². The molecule has 0 aliphatic carbocycles. The standard InChI is InChI=1S/C17H23N3O/c1-4-18-17-15(8-6-10-19-17)13-20(2)12-14-7-5-9-16(11-14)21-3/h5-11H,4,12-13H2,1-3H3,(H,18,19). The first kappa shape index (κ1) is 15.3. The fraction of sp³-hybridized carbons (Fsp3) is 0.353. The minimum absolute atomic E-state index is 0.855. The Bertz CT molecular complexity index is 571. The maximum absolute atomic E-state index is 5.27. The second-order valence-corrected chi connectivity index (χ2v) is 5.07. The van der Waals surface area contributed by atoms with E-state index in [1.165, 1.54) is 11.1 Å². The summed E-state index contributed by atoms with van der Waals surface area (Å²) < 4.78 is 5.27. The Morgan fingerprint density at radius 1 is 1.19 bits per heavy atom. The van der Waals surface area contributed by atoms with Gasteiger partial charge in [0.1, 0.15) is 11.6 Å². The summed E-state index contributed by atoms with van der Waals surface area (Å²) in [6.45, 7) is 4.69. The number of pyridine rings is 1. The van der Waals surface area contributed by atoms with Crippen molar-refractivity contribution in [2.75, 3.05) is 26.0 Å². The number of hydrogen-bond donors (Lipinski definition) is 1. The second kappa shape index (κ2) is 7.64. The van der Waals surface area contributed by atoms with Crippen LogP contribution in [0, 0.1) is 0 Å². The summed E-state index contributed by atoms with van der Waals surface area (Å²) in [5.41, 5.74) is 2.45. The average molecular weight is 285 g/mol. The average Bonchev–Trinajstić information content (AvgIpc) is 2.49. The third kappa shape index (κ3) is 4.46. The highest BCUT2D eigenvalue weighted by atomic mass is 16.5. The number of aromatic nitrogens is 1. The third-order valence-electron chi connectivity index (χ3n) is 3.26. The smallest absolute Gasteiger partial charge is 0.130 e. The fourth-order valence-corrected chi connectivity index (χ4v) is 2.32. The lowest BCUT2D eigenvalue weighted by molar-refractivity contribution is 0.318. The lowest BCUT2D eigenvalue weighted by Gasteiger charge is -2.19. The Hall–Kier alpha value is -2.07. The lowest BCUT2D eigenvalue weighted by Crippen LogP contribution is -2.18. The van der Waals surface area contributed by atoms with Crippen LogP contribution in [-0.2, 0) is 13.1 Å². The zero-order valence-electron chi connectivity index (χ0n) is 13.0. The molecule has 0 spiro atoms. The Balaban J connectivity index is 2.02. The summed E-state index contributed by atoms with van der Waals surface area (Å²) in [6, 6.07) is 12.3. The number of anilines is 1. The summed E-state index contributed by atoms with van der Waals surface area (Å²) in [5, 5.41) is 3.31. The van der Waals surface area contributed by atoms with Crippen molar-refractivity contribution in [2.24, 2.45) is 0 Å². The van der Waals surface area contributed by atoms with Gasteiger partial charge in [-0.2, -0.15) is 0 Å². The van der Waals surface area contributed by atoms with Crippen LogP contribution in [0.1, 0.15) is 18.1 Å². The van der Waals surface area contributed by atoms with Crippen LogP contribution < -0.4 is 10.1 Å². The van der Waals surface area contributed by atoms with Gasteiger partial charge in [0.05, 0.1) is 7.11 Å². The molecule has 0 aliphatic heterocycles. The van der Waals surface area contributed by atoms with Gasteiger partial charge in [-0.15, -0.1) is 0 Å². The lowest BCUT2D eigenvalue weighted by atomic mass is 10.2. The number of rotatable bonds is 7. The Labute approximate surface area is 126 Å². The monoisotopic (exact) mass is 285 g/mol. The first-order valence-corrected chi connectivity index (χ1v) is 7.22. The van der Waals surface area contributed by atoms with Crippen LogP contribution in [0.3, 0.4) is 0 Å². The molecule has 112 valence electrons. The van der Waals surface area contributed by atoms with Crippen LogP contribution in [0.4, 0.5) is 5.82 Å². The minimum atomic E-state index is 0.855. The molecule has 0 bridgehead atoms. The molecule has 2 rings (SSSR count). The molecule has 0 amide bonds. The second-order valence-electron chi connectivity index (χ2n) is 5.07. The van der Waals surface area contributed by atoms with Crippen LogP contribution in [0.5, 0.6) is 5.75 Å². The zero-order valence-corrected chi connectivity index (χ0v) is 13.0. The number of benzene rings is 1. The van der Waals surface area contributed by atoms with Crippen molar-refractivity contribution < 1.29 is 4.74 Å². The molecule has 21 heavy (non-hydrogen) atoms. The zero-order chi connectivity index (χ0) is 15.1. The van der Waals surface area contributed by atoms with Crippen LogP contribution >= 0.6 is 0 Å². The normalized spacial score (nSPS) is 10.7. The van der Waals surface area contributed by atoms with Gasteiger partial charge in [0.2, 0.25) is 0 Å². The van der Waals surface area contributed by atoms with Gasteiger partial charge in [0.15, 0.2) is 0 Å².